The Kier molecular flexibility index (Phi) is 5.45. The van der Waals surface area contributed by atoms with Crippen LogP contribution in [0.15, 0.2) is 0 Å². The molecule has 0 atom stereocenters. The number of aromatic nitrogens is 3. The van der Waals surface area contributed by atoms with E-state index in [2.05, 4.69) is 41.0 Å². The lowest BCUT2D eigenvalue weighted by Gasteiger charge is -2.18. The number of unbranched alkanes of at least 4 members (excludes halogenated alkanes) is 1. The highest BCUT2D eigenvalue weighted by molar-refractivity contribution is 5.41. The van der Waals surface area contributed by atoms with Crippen LogP contribution in [0.5, 0.6) is 0 Å². The minimum Gasteiger partial charge on any atom is -0.368 e. The minimum atomic E-state index is 0.265. The molecule has 0 amide bonds. The molecule has 3 N–H and O–H groups in total. The van der Waals surface area contributed by atoms with Gasteiger partial charge in [0.1, 0.15) is 0 Å². The average Bonchev–Trinajstić information content (AvgIpc) is 2.30. The van der Waals surface area contributed by atoms with E-state index in [0.29, 0.717) is 11.9 Å². The number of rotatable bonds is 7. The summed E-state index contributed by atoms with van der Waals surface area (Å²) in [5.74, 6) is 1.47. The van der Waals surface area contributed by atoms with Gasteiger partial charge in [-0.25, -0.2) is 0 Å². The Hall–Kier alpha value is -1.59. The van der Waals surface area contributed by atoms with E-state index in [-0.39, 0.29) is 5.95 Å². The zero-order valence-electron chi connectivity index (χ0n) is 10.9. The molecule has 1 aromatic heterocycles. The topological polar surface area (TPSA) is 80.0 Å². The first kappa shape index (κ1) is 13.5. The van der Waals surface area contributed by atoms with Crippen LogP contribution < -0.4 is 16.0 Å². The van der Waals surface area contributed by atoms with E-state index in [1.54, 1.807) is 0 Å². The summed E-state index contributed by atoms with van der Waals surface area (Å²) in [5, 5.41) is 3.16. The lowest BCUT2D eigenvalue weighted by Crippen LogP contribution is -2.25. The zero-order valence-corrected chi connectivity index (χ0v) is 10.9. The molecule has 17 heavy (non-hydrogen) atoms. The summed E-state index contributed by atoms with van der Waals surface area (Å²) < 4.78 is 0. The largest absolute Gasteiger partial charge is 0.368 e. The fourth-order valence-electron chi connectivity index (χ4n) is 1.48. The van der Waals surface area contributed by atoms with E-state index in [1.807, 2.05) is 4.90 Å². The van der Waals surface area contributed by atoms with Crippen molar-refractivity contribution in [3.63, 3.8) is 0 Å². The number of nitrogens with two attached hydrogens (primary N) is 1. The van der Waals surface area contributed by atoms with Crippen molar-refractivity contribution in [2.75, 3.05) is 35.6 Å². The average molecular weight is 238 g/mol. The monoisotopic (exact) mass is 238 g/mol. The Balaban J connectivity index is 2.78. The second-order valence-corrected chi connectivity index (χ2v) is 3.77. The SMILES string of the molecule is CCCCNc1nc(N)nc(N(CC)CC)n1. The molecule has 0 aliphatic carbocycles. The van der Waals surface area contributed by atoms with Crippen LogP contribution in [-0.4, -0.2) is 34.6 Å². The maximum Gasteiger partial charge on any atom is 0.231 e. The van der Waals surface area contributed by atoms with Crippen LogP contribution in [0.2, 0.25) is 0 Å². The van der Waals surface area contributed by atoms with E-state index in [9.17, 15) is 0 Å². The van der Waals surface area contributed by atoms with Gasteiger partial charge in [-0.1, -0.05) is 13.3 Å². The number of hydrogen-bond acceptors (Lipinski definition) is 6. The zero-order chi connectivity index (χ0) is 12.7. The number of anilines is 3. The highest BCUT2D eigenvalue weighted by atomic mass is 15.3. The smallest absolute Gasteiger partial charge is 0.231 e. The fraction of sp³-hybridized carbons (Fsp3) is 0.727. The molecule has 1 aromatic rings. The number of nitrogens with zero attached hydrogens (tertiary/aromatic N) is 4. The summed E-state index contributed by atoms with van der Waals surface area (Å²) in [6.07, 6.45) is 2.22. The van der Waals surface area contributed by atoms with Gasteiger partial charge in [-0.05, 0) is 20.3 Å². The molecule has 0 saturated carbocycles. The fourth-order valence-corrected chi connectivity index (χ4v) is 1.48. The van der Waals surface area contributed by atoms with Crippen molar-refractivity contribution in [2.24, 2.45) is 0 Å². The highest BCUT2D eigenvalue weighted by Crippen LogP contribution is 2.11. The third-order valence-electron chi connectivity index (χ3n) is 2.50. The first-order valence-corrected chi connectivity index (χ1v) is 6.21. The van der Waals surface area contributed by atoms with Crippen LogP contribution in [-0.2, 0) is 0 Å². The molecule has 0 aromatic carbocycles. The minimum absolute atomic E-state index is 0.265. The standard InChI is InChI=1S/C11H22N6/c1-4-7-8-13-10-14-9(12)15-11(16-10)17(5-2)6-3/h4-8H2,1-3H3,(H3,12,13,14,15,16). The van der Waals surface area contributed by atoms with E-state index in [4.69, 9.17) is 5.73 Å². The lowest BCUT2D eigenvalue weighted by atomic mass is 10.3. The van der Waals surface area contributed by atoms with Crippen molar-refractivity contribution in [1.29, 1.82) is 0 Å². The van der Waals surface area contributed by atoms with Gasteiger partial charge in [0.2, 0.25) is 17.8 Å². The summed E-state index contributed by atoms with van der Waals surface area (Å²) >= 11 is 0. The Morgan fingerprint density at radius 3 is 2.41 bits per heavy atom. The maximum absolute atomic E-state index is 5.68. The number of nitrogen functional groups attached to an aromatic ring is 1. The van der Waals surface area contributed by atoms with Crippen molar-refractivity contribution in [2.45, 2.75) is 33.6 Å². The summed E-state index contributed by atoms with van der Waals surface area (Å²) in [7, 11) is 0. The molecule has 6 heteroatoms. The van der Waals surface area contributed by atoms with Crippen LogP contribution in [0.3, 0.4) is 0 Å². The third kappa shape index (κ3) is 4.05. The van der Waals surface area contributed by atoms with Crippen molar-refractivity contribution in [3.05, 3.63) is 0 Å². The second kappa shape index (κ2) is 6.88. The molecule has 1 heterocycles. The van der Waals surface area contributed by atoms with Gasteiger partial charge in [-0.2, -0.15) is 15.0 Å². The molecule has 0 radical (unpaired) electrons. The van der Waals surface area contributed by atoms with Crippen molar-refractivity contribution < 1.29 is 0 Å². The molecular formula is C11H22N6. The molecular weight excluding hydrogens is 216 g/mol. The number of nitrogens with one attached hydrogen (secondary N) is 1. The van der Waals surface area contributed by atoms with Gasteiger partial charge < -0.3 is 16.0 Å². The van der Waals surface area contributed by atoms with Gasteiger partial charge in [0.05, 0.1) is 0 Å². The first-order chi connectivity index (χ1) is 8.21. The molecule has 6 nitrogen and oxygen atoms in total. The van der Waals surface area contributed by atoms with Crippen molar-refractivity contribution >= 4 is 17.8 Å². The van der Waals surface area contributed by atoms with Crippen molar-refractivity contribution in [3.8, 4) is 0 Å². The molecule has 0 aliphatic rings. The Morgan fingerprint density at radius 1 is 1.12 bits per heavy atom. The molecule has 0 fully saturated rings. The van der Waals surface area contributed by atoms with E-state index >= 15 is 0 Å². The summed E-state index contributed by atoms with van der Waals surface area (Å²) in [6, 6.07) is 0. The Morgan fingerprint density at radius 2 is 1.82 bits per heavy atom. The van der Waals surface area contributed by atoms with Crippen LogP contribution in [0.25, 0.3) is 0 Å². The maximum atomic E-state index is 5.68. The molecule has 96 valence electrons. The van der Waals surface area contributed by atoms with E-state index in [1.165, 1.54) is 0 Å². The van der Waals surface area contributed by atoms with Crippen LogP contribution in [0, 0.1) is 0 Å². The second-order valence-electron chi connectivity index (χ2n) is 3.77. The molecule has 0 saturated heterocycles. The summed E-state index contributed by atoms with van der Waals surface area (Å²) in [6.45, 7) is 8.84. The normalized spacial score (nSPS) is 10.3. The Labute approximate surface area is 103 Å². The van der Waals surface area contributed by atoms with Crippen LogP contribution >= 0.6 is 0 Å². The third-order valence-corrected chi connectivity index (χ3v) is 2.50. The quantitative estimate of drug-likeness (QED) is 0.701. The highest BCUT2D eigenvalue weighted by Gasteiger charge is 2.08. The predicted octanol–water partition coefficient (Wildman–Crippen LogP) is 1.51. The first-order valence-electron chi connectivity index (χ1n) is 6.21. The molecule has 0 spiro atoms. The van der Waals surface area contributed by atoms with Crippen LogP contribution in [0.1, 0.15) is 33.6 Å². The van der Waals surface area contributed by atoms with Gasteiger partial charge in [-0.15, -0.1) is 0 Å². The van der Waals surface area contributed by atoms with E-state index < -0.39 is 0 Å². The van der Waals surface area contributed by atoms with Gasteiger partial charge in [0, 0.05) is 19.6 Å². The molecule has 0 unspecified atom stereocenters. The van der Waals surface area contributed by atoms with Crippen LogP contribution in [0.4, 0.5) is 17.8 Å². The molecule has 0 bridgehead atoms. The van der Waals surface area contributed by atoms with Gasteiger partial charge in [0.15, 0.2) is 0 Å². The molecule has 0 aliphatic heterocycles. The van der Waals surface area contributed by atoms with E-state index in [0.717, 1.165) is 32.5 Å². The number of hydrogen-bond donors (Lipinski definition) is 2. The van der Waals surface area contributed by atoms with Gasteiger partial charge in [-0.3, -0.25) is 0 Å². The summed E-state index contributed by atoms with van der Waals surface area (Å²) in [5.41, 5.74) is 5.68. The summed E-state index contributed by atoms with van der Waals surface area (Å²) in [4.78, 5) is 14.6. The van der Waals surface area contributed by atoms with Gasteiger partial charge in [0.25, 0.3) is 0 Å². The van der Waals surface area contributed by atoms with Crippen molar-refractivity contribution in [1.82, 2.24) is 15.0 Å². The van der Waals surface area contributed by atoms with Gasteiger partial charge >= 0.3 is 0 Å². The molecule has 1 rings (SSSR count). The lowest BCUT2D eigenvalue weighted by molar-refractivity contribution is 0.802. The predicted molar refractivity (Wildman–Crippen MR) is 71.2 cm³/mol. The Bertz CT molecular complexity index is 337.